The quantitative estimate of drug-likeness (QED) is 0.113. The Morgan fingerprint density at radius 1 is 0.955 bits per heavy atom. The molecule has 5 aliphatic rings. The van der Waals surface area contributed by atoms with Crippen molar-refractivity contribution in [1.82, 2.24) is 30.4 Å². The molecule has 0 bridgehead atoms. The van der Waals surface area contributed by atoms with Crippen molar-refractivity contribution in [3.05, 3.63) is 59.0 Å². The van der Waals surface area contributed by atoms with Crippen LogP contribution >= 0.6 is 0 Å². The number of aromatic nitrogens is 2. The largest absolute Gasteiger partial charge is 0.495 e. The maximum atomic E-state index is 15.6. The molecule has 18 nitrogen and oxygen atoms in total. The zero-order chi connectivity index (χ0) is 46.5. The number of ether oxygens (including phenoxy) is 3. The number of amides is 5. The van der Waals surface area contributed by atoms with Crippen LogP contribution in [0.4, 0.5) is 42.0 Å². The number of carbonyl (C=O) groups excluding carboxylic acids is 5. The molecule has 2 aromatic carbocycles. The lowest BCUT2D eigenvalue weighted by atomic mass is 10.0. The average molecular weight is 921 g/mol. The number of anilines is 5. The number of methoxy groups -OCH3 is 1. The lowest BCUT2D eigenvalue weighted by Crippen LogP contribution is -2.52. The molecule has 1 unspecified atom stereocenters. The number of halogens is 3. The van der Waals surface area contributed by atoms with Gasteiger partial charge in [-0.3, -0.25) is 29.3 Å². The first kappa shape index (κ1) is 46.5. The Hall–Kier alpha value is -6.06. The molecule has 3 fully saturated rings. The summed E-state index contributed by atoms with van der Waals surface area (Å²) in [6.45, 7) is 3.81. The van der Waals surface area contributed by atoms with Crippen LogP contribution < -0.4 is 35.8 Å². The van der Waals surface area contributed by atoms with E-state index >= 15 is 13.2 Å². The van der Waals surface area contributed by atoms with E-state index in [4.69, 9.17) is 14.2 Å². The first-order chi connectivity index (χ1) is 31.8. The second kappa shape index (κ2) is 20.2. The fraction of sp³-hybridized carbons (Fsp3) is 0.533. The summed E-state index contributed by atoms with van der Waals surface area (Å²) in [6, 6.07) is 6.74. The minimum atomic E-state index is -3.63. The normalized spacial score (nSPS) is 20.3. The highest BCUT2D eigenvalue weighted by Gasteiger charge is 2.49. The second-order valence-electron chi connectivity index (χ2n) is 17.2. The van der Waals surface area contributed by atoms with Crippen molar-refractivity contribution in [3.8, 4) is 5.75 Å². The number of rotatable bonds is 17. The Balaban J connectivity index is 0.744. The lowest BCUT2D eigenvalue weighted by molar-refractivity contribution is -0.140. The predicted octanol–water partition coefficient (Wildman–Crippen LogP) is 3.83. The van der Waals surface area contributed by atoms with Gasteiger partial charge in [0.1, 0.15) is 23.3 Å². The number of imide groups is 1. The fourth-order valence-corrected chi connectivity index (χ4v) is 9.31. The van der Waals surface area contributed by atoms with Crippen LogP contribution in [0.1, 0.15) is 77.6 Å². The molecule has 4 N–H and O–H groups in total. The molecule has 0 spiro atoms. The van der Waals surface area contributed by atoms with E-state index in [2.05, 4.69) is 36.1 Å². The zero-order valence-electron chi connectivity index (χ0n) is 37.0. The van der Waals surface area contributed by atoms with E-state index in [1.54, 1.807) is 12.1 Å². The third-order valence-corrected chi connectivity index (χ3v) is 12.9. The minimum absolute atomic E-state index is 0.0241. The number of carbonyl (C=O) groups is 5. The van der Waals surface area contributed by atoms with Crippen molar-refractivity contribution < 1.29 is 51.4 Å². The molecular formula is C45H55F3N10O8. The van der Waals surface area contributed by atoms with Crippen LogP contribution in [-0.4, -0.2) is 147 Å². The Bertz CT molecular complexity index is 2330. The number of alkyl halides is 2. The van der Waals surface area contributed by atoms with Gasteiger partial charge in [-0.15, -0.1) is 0 Å². The first-order valence-corrected chi connectivity index (χ1v) is 22.4. The van der Waals surface area contributed by atoms with Crippen LogP contribution in [0.5, 0.6) is 5.75 Å². The third kappa shape index (κ3) is 10.2. The van der Waals surface area contributed by atoms with Gasteiger partial charge in [0.2, 0.25) is 17.8 Å². The highest BCUT2D eigenvalue weighted by Crippen LogP contribution is 2.40. The highest BCUT2D eigenvalue weighted by atomic mass is 19.3. The van der Waals surface area contributed by atoms with Gasteiger partial charge in [0, 0.05) is 81.2 Å². The monoisotopic (exact) mass is 920 g/mol. The van der Waals surface area contributed by atoms with Crippen molar-refractivity contribution in [2.24, 2.45) is 0 Å². The van der Waals surface area contributed by atoms with Crippen molar-refractivity contribution in [3.63, 3.8) is 0 Å². The number of hydrogen-bond donors (Lipinski definition) is 4. The fourth-order valence-electron chi connectivity index (χ4n) is 9.31. The summed E-state index contributed by atoms with van der Waals surface area (Å²) in [5.74, 6) is -7.08. The molecule has 1 saturated carbocycles. The van der Waals surface area contributed by atoms with E-state index in [1.165, 1.54) is 36.2 Å². The molecule has 2 saturated heterocycles. The summed E-state index contributed by atoms with van der Waals surface area (Å²) in [6.07, 6.45) is 6.22. The number of nitrogens with one attached hydrogen (secondary N) is 4. The van der Waals surface area contributed by atoms with Gasteiger partial charge in [0.05, 0.1) is 57.5 Å². The number of nitrogens with zero attached hydrogens (tertiary/aromatic N) is 6. The van der Waals surface area contributed by atoms with E-state index < -0.39 is 42.0 Å². The van der Waals surface area contributed by atoms with Crippen molar-refractivity contribution in [1.29, 1.82) is 0 Å². The van der Waals surface area contributed by atoms with E-state index in [1.807, 2.05) is 6.07 Å². The van der Waals surface area contributed by atoms with Gasteiger partial charge >= 0.3 is 5.92 Å². The number of hydrogen-bond acceptors (Lipinski definition) is 14. The summed E-state index contributed by atoms with van der Waals surface area (Å²) in [7, 11) is 2.64. The van der Waals surface area contributed by atoms with Gasteiger partial charge in [0.25, 0.3) is 17.7 Å². The Morgan fingerprint density at radius 3 is 2.45 bits per heavy atom. The molecule has 66 heavy (non-hydrogen) atoms. The molecule has 4 aliphatic heterocycles. The van der Waals surface area contributed by atoms with Crippen molar-refractivity contribution >= 4 is 58.4 Å². The number of benzene rings is 2. The van der Waals surface area contributed by atoms with Gasteiger partial charge in [0.15, 0.2) is 5.82 Å². The molecule has 1 aliphatic carbocycles. The smallest absolute Gasteiger partial charge is 0.342 e. The molecule has 354 valence electrons. The molecule has 5 heterocycles. The van der Waals surface area contributed by atoms with Gasteiger partial charge in [-0.2, -0.15) is 13.8 Å². The third-order valence-electron chi connectivity index (χ3n) is 12.9. The molecule has 21 heteroatoms. The standard InChI is InChI=1S/C45H55F3N10O8/c1-55-36-24-50-44(54-39(36)58(28-6-3-4-7-28)26-45(47,48)43(55)63)52-34-23-32(46)30(22-37(34)64-2)40(60)51-27-12-15-56(16-13-27)17-19-66-21-20-65-18-14-49-33-9-5-8-29-31(33)25-57(42(29)62)35-10-11-38(59)53-41(35)61/h5,8-9,22-24,27-28,35,49H,3-4,6-7,10-21,25-26H2,1-2H3,(H,51,60)(H,50,52,54)(H,53,59,61). The Morgan fingerprint density at radius 2 is 1.71 bits per heavy atom. The van der Waals surface area contributed by atoms with Crippen molar-refractivity contribution in [2.75, 3.05) is 93.7 Å². The van der Waals surface area contributed by atoms with E-state index in [9.17, 15) is 24.0 Å². The Kier molecular flexibility index (Phi) is 14.2. The van der Waals surface area contributed by atoms with Crippen LogP contribution in [0.3, 0.4) is 0 Å². The zero-order valence-corrected chi connectivity index (χ0v) is 37.0. The molecule has 1 aromatic heterocycles. The van der Waals surface area contributed by atoms with E-state index in [-0.39, 0.29) is 71.3 Å². The second-order valence-corrected chi connectivity index (χ2v) is 17.2. The van der Waals surface area contributed by atoms with Crippen LogP contribution in [-0.2, 0) is 30.4 Å². The van der Waals surface area contributed by atoms with Crippen LogP contribution in [0.25, 0.3) is 0 Å². The van der Waals surface area contributed by atoms with Crippen molar-refractivity contribution in [2.45, 2.75) is 82.0 Å². The average Bonchev–Trinajstić information content (AvgIpc) is 3.95. The summed E-state index contributed by atoms with van der Waals surface area (Å²) in [5.41, 5.74) is 2.20. The van der Waals surface area contributed by atoms with Gasteiger partial charge in [-0.25, -0.2) is 9.37 Å². The van der Waals surface area contributed by atoms with Crippen LogP contribution in [0.15, 0.2) is 36.5 Å². The number of fused-ring (bicyclic) bond motifs is 2. The van der Waals surface area contributed by atoms with E-state index in [0.29, 0.717) is 90.3 Å². The van der Waals surface area contributed by atoms with E-state index in [0.717, 1.165) is 35.1 Å². The summed E-state index contributed by atoms with van der Waals surface area (Å²) in [5, 5.41) is 11.5. The molecular weight excluding hydrogens is 866 g/mol. The minimum Gasteiger partial charge on any atom is -0.495 e. The van der Waals surface area contributed by atoms with Gasteiger partial charge in [-0.05, 0) is 50.3 Å². The summed E-state index contributed by atoms with van der Waals surface area (Å²) < 4.78 is 62.7. The predicted molar refractivity (Wildman–Crippen MR) is 236 cm³/mol. The summed E-state index contributed by atoms with van der Waals surface area (Å²) in [4.78, 5) is 78.0. The molecule has 1 atom stereocenters. The maximum absolute atomic E-state index is 15.6. The topological polar surface area (TPSA) is 200 Å². The van der Waals surface area contributed by atoms with Crippen LogP contribution in [0, 0.1) is 5.82 Å². The van der Waals surface area contributed by atoms with Gasteiger partial charge < -0.3 is 49.8 Å². The van der Waals surface area contributed by atoms with Crippen LogP contribution in [0.2, 0.25) is 0 Å². The number of likely N-dealkylation sites (tertiary alicyclic amines) is 1. The maximum Gasteiger partial charge on any atom is 0.342 e. The summed E-state index contributed by atoms with van der Waals surface area (Å²) >= 11 is 0. The Labute approximate surface area is 379 Å². The first-order valence-electron chi connectivity index (χ1n) is 22.4. The van der Waals surface area contributed by atoms with Gasteiger partial charge in [-0.1, -0.05) is 18.9 Å². The lowest BCUT2D eigenvalue weighted by Gasteiger charge is -2.32. The SMILES string of the molecule is COc1cc(C(=O)NC2CCN(CCOCCOCCNc3cccc4c3CN(C3CCC(=O)NC3=O)C4=O)CC2)c(F)cc1Nc1ncc2c(n1)N(C1CCCC1)CC(F)(F)C(=O)N2C. The molecule has 8 rings (SSSR count). The highest BCUT2D eigenvalue weighted by molar-refractivity contribution is 6.06. The molecule has 5 amide bonds. The molecule has 3 aromatic rings. The number of piperidine rings is 2. The molecule has 0 radical (unpaired) electrons.